The minimum Gasteiger partial charge on any atom is -0.399 e. The Labute approximate surface area is 217 Å². The zero-order valence-corrected chi connectivity index (χ0v) is 20.6. The Balaban J connectivity index is 1.36. The zero-order chi connectivity index (χ0) is 27.3. The van der Waals surface area contributed by atoms with Crippen LogP contribution in [0.2, 0.25) is 0 Å². The molecule has 0 unspecified atom stereocenters. The highest BCUT2D eigenvalue weighted by atomic mass is 19.4. The first-order valence-electron chi connectivity index (χ1n) is 12.4. The number of alkyl halides is 3. The van der Waals surface area contributed by atoms with E-state index in [0.717, 1.165) is 30.5 Å². The van der Waals surface area contributed by atoms with Crippen molar-refractivity contribution in [2.75, 3.05) is 13.2 Å². The first kappa shape index (κ1) is 28.0. The average Bonchev–Trinajstić information content (AvgIpc) is 2.88. The molecule has 4 rings (SSSR count). The lowest BCUT2D eigenvalue weighted by Crippen LogP contribution is -2.32. The molecule has 38 heavy (non-hydrogen) atoms. The first-order valence-corrected chi connectivity index (χ1v) is 12.4. The molecule has 1 fully saturated rings. The maximum atomic E-state index is 15.2. The van der Waals surface area contributed by atoms with Crippen LogP contribution in [-0.2, 0) is 28.7 Å². The van der Waals surface area contributed by atoms with Crippen LogP contribution in [0.25, 0.3) is 10.8 Å². The topological polar surface area (TPSA) is 27.7 Å². The van der Waals surface area contributed by atoms with Crippen molar-refractivity contribution in [1.82, 2.24) is 0 Å². The molecular weight excluding hydrogens is 510 g/mol. The van der Waals surface area contributed by atoms with Crippen LogP contribution in [0.4, 0.5) is 26.3 Å². The van der Waals surface area contributed by atoms with Crippen LogP contribution in [0.3, 0.4) is 0 Å². The molecule has 0 atom stereocenters. The third kappa shape index (κ3) is 7.29. The Morgan fingerprint density at radius 2 is 1.58 bits per heavy atom. The smallest absolute Gasteiger partial charge is 0.399 e. The van der Waals surface area contributed by atoms with Gasteiger partial charge in [0.05, 0.1) is 13.2 Å². The highest BCUT2D eigenvalue weighted by Crippen LogP contribution is 2.30. The fourth-order valence-electron chi connectivity index (χ4n) is 4.54. The van der Waals surface area contributed by atoms with E-state index in [1.807, 2.05) is 18.2 Å². The summed E-state index contributed by atoms with van der Waals surface area (Å²) in [7, 11) is 0. The second kappa shape index (κ2) is 12.2. The number of ether oxygens (including phenoxy) is 3. The molecule has 3 aromatic rings. The van der Waals surface area contributed by atoms with E-state index in [1.165, 1.54) is 0 Å². The van der Waals surface area contributed by atoms with Gasteiger partial charge in [-0.15, -0.1) is 19.8 Å². The van der Waals surface area contributed by atoms with Crippen molar-refractivity contribution in [3.05, 3.63) is 89.3 Å². The molecule has 3 aromatic carbocycles. The number of fused-ring (bicyclic) bond motifs is 1. The van der Waals surface area contributed by atoms with Gasteiger partial charge in [0.1, 0.15) is 5.82 Å². The molecule has 1 heterocycles. The average molecular weight is 539 g/mol. The van der Waals surface area contributed by atoms with Crippen LogP contribution in [-0.4, -0.2) is 25.9 Å². The van der Waals surface area contributed by atoms with Crippen molar-refractivity contribution in [2.45, 2.75) is 51.2 Å². The summed E-state index contributed by atoms with van der Waals surface area (Å²) in [4.78, 5) is 0. The van der Waals surface area contributed by atoms with E-state index < -0.39 is 29.6 Å². The predicted molar refractivity (Wildman–Crippen MR) is 131 cm³/mol. The van der Waals surface area contributed by atoms with Gasteiger partial charge in [-0.25, -0.2) is 13.2 Å². The number of benzene rings is 3. The summed E-state index contributed by atoms with van der Waals surface area (Å²) >= 11 is 0. The molecule has 0 aliphatic carbocycles. The van der Waals surface area contributed by atoms with Gasteiger partial charge in [-0.3, -0.25) is 0 Å². The fourth-order valence-corrected chi connectivity index (χ4v) is 4.54. The summed E-state index contributed by atoms with van der Waals surface area (Å²) in [6.07, 6.45) is -0.167. The van der Waals surface area contributed by atoms with Crippen molar-refractivity contribution in [3.8, 4) is 5.75 Å². The largest absolute Gasteiger partial charge is 0.573 e. The number of aryl methyl sites for hydroxylation is 3. The Hall–Kier alpha value is -3.04. The van der Waals surface area contributed by atoms with Gasteiger partial charge in [0.15, 0.2) is 17.9 Å². The molecule has 0 spiro atoms. The fraction of sp³-hybridized carbons (Fsp3) is 0.379. The SMILES string of the molecule is C=CCCC1COC(CCc2ccc3c(F)c(CCc4cc(F)c(OC(F)(F)F)c(F)c4)ccc3c2)OC1. The highest BCUT2D eigenvalue weighted by molar-refractivity contribution is 5.84. The maximum Gasteiger partial charge on any atom is 0.573 e. The minimum atomic E-state index is -5.22. The lowest BCUT2D eigenvalue weighted by atomic mass is 9.98. The highest BCUT2D eigenvalue weighted by Gasteiger charge is 2.34. The van der Waals surface area contributed by atoms with Crippen LogP contribution >= 0.6 is 0 Å². The molecule has 1 aliphatic rings. The minimum absolute atomic E-state index is 0.0243. The van der Waals surface area contributed by atoms with Crippen molar-refractivity contribution in [2.24, 2.45) is 5.92 Å². The molecule has 0 saturated carbocycles. The van der Waals surface area contributed by atoms with Gasteiger partial charge < -0.3 is 14.2 Å². The summed E-state index contributed by atoms with van der Waals surface area (Å²) in [5.41, 5.74) is 1.43. The van der Waals surface area contributed by atoms with Gasteiger partial charge in [-0.1, -0.05) is 36.4 Å². The summed E-state index contributed by atoms with van der Waals surface area (Å²) in [5, 5.41) is 1.12. The summed E-state index contributed by atoms with van der Waals surface area (Å²) in [5.74, 6) is -4.52. The molecule has 1 aliphatic heterocycles. The lowest BCUT2D eigenvalue weighted by molar-refractivity contribution is -0.276. The Morgan fingerprint density at radius 3 is 2.24 bits per heavy atom. The van der Waals surface area contributed by atoms with Crippen molar-refractivity contribution in [3.63, 3.8) is 0 Å². The number of rotatable bonds is 10. The van der Waals surface area contributed by atoms with E-state index in [1.54, 1.807) is 18.2 Å². The molecular formula is C29H28F6O3. The van der Waals surface area contributed by atoms with Crippen LogP contribution in [0.1, 0.15) is 36.0 Å². The second-order valence-electron chi connectivity index (χ2n) is 9.40. The quantitative estimate of drug-likeness (QED) is 0.195. The van der Waals surface area contributed by atoms with Crippen LogP contribution in [0.5, 0.6) is 5.75 Å². The summed E-state index contributed by atoms with van der Waals surface area (Å²) in [6.45, 7) is 5.05. The van der Waals surface area contributed by atoms with Gasteiger partial charge >= 0.3 is 6.36 Å². The normalized spacial score (nSPS) is 18.1. The molecule has 0 aromatic heterocycles. The third-order valence-electron chi connectivity index (χ3n) is 6.54. The maximum absolute atomic E-state index is 15.2. The predicted octanol–water partition coefficient (Wildman–Crippen LogP) is 7.83. The molecule has 0 radical (unpaired) electrons. The molecule has 0 bridgehead atoms. The van der Waals surface area contributed by atoms with E-state index >= 15 is 4.39 Å². The van der Waals surface area contributed by atoms with E-state index in [9.17, 15) is 22.0 Å². The Morgan fingerprint density at radius 1 is 0.868 bits per heavy atom. The second-order valence-corrected chi connectivity index (χ2v) is 9.40. The zero-order valence-electron chi connectivity index (χ0n) is 20.6. The number of hydrogen-bond acceptors (Lipinski definition) is 3. The number of halogens is 6. The van der Waals surface area contributed by atoms with E-state index in [2.05, 4.69) is 11.3 Å². The van der Waals surface area contributed by atoms with Crippen molar-refractivity contribution >= 4 is 10.8 Å². The lowest BCUT2D eigenvalue weighted by Gasteiger charge is -2.29. The number of allylic oxidation sites excluding steroid dienone is 1. The molecule has 3 nitrogen and oxygen atoms in total. The Bertz CT molecular complexity index is 1240. The summed E-state index contributed by atoms with van der Waals surface area (Å²) < 4.78 is 95.2. The van der Waals surface area contributed by atoms with E-state index in [4.69, 9.17) is 9.47 Å². The van der Waals surface area contributed by atoms with Crippen LogP contribution in [0, 0.1) is 23.4 Å². The van der Waals surface area contributed by atoms with Gasteiger partial charge in [-0.05, 0) is 66.3 Å². The van der Waals surface area contributed by atoms with Gasteiger partial charge in [0, 0.05) is 17.7 Å². The standard InChI is InChI=1S/C29H28F6O3/c1-2-3-4-20-16-36-26(37-17-20)12-7-18-6-11-23-22(13-18)10-9-21(27(23)32)8-5-19-14-24(30)28(25(31)15-19)38-29(33,34)35/h2,6,9-11,13-15,20,26H,1,3-5,7-8,12,16-17H2. The first-order chi connectivity index (χ1) is 18.1. The van der Waals surface area contributed by atoms with Gasteiger partial charge in [0.25, 0.3) is 0 Å². The number of hydrogen-bond donors (Lipinski definition) is 0. The van der Waals surface area contributed by atoms with Gasteiger partial charge in [-0.2, -0.15) is 0 Å². The summed E-state index contributed by atoms with van der Waals surface area (Å²) in [6, 6.07) is 10.3. The molecule has 0 amide bonds. The molecule has 9 heteroatoms. The molecule has 204 valence electrons. The van der Waals surface area contributed by atoms with Crippen molar-refractivity contribution < 1.29 is 40.6 Å². The van der Waals surface area contributed by atoms with E-state index in [-0.39, 0.29) is 24.7 Å². The molecule has 0 N–H and O–H groups in total. The van der Waals surface area contributed by atoms with Crippen LogP contribution in [0.15, 0.2) is 55.1 Å². The third-order valence-corrected chi connectivity index (χ3v) is 6.54. The molecule has 1 saturated heterocycles. The van der Waals surface area contributed by atoms with Gasteiger partial charge in [0.2, 0.25) is 5.75 Å². The van der Waals surface area contributed by atoms with Crippen molar-refractivity contribution in [1.29, 1.82) is 0 Å². The van der Waals surface area contributed by atoms with E-state index in [0.29, 0.717) is 48.3 Å². The monoisotopic (exact) mass is 538 g/mol. The van der Waals surface area contributed by atoms with Crippen LogP contribution < -0.4 is 4.74 Å². The Kier molecular flexibility index (Phi) is 8.99.